The van der Waals surface area contributed by atoms with Crippen molar-refractivity contribution in [3.8, 4) is 0 Å². The molecule has 0 aliphatic carbocycles. The van der Waals surface area contributed by atoms with E-state index in [0.717, 1.165) is 40.1 Å². The zero-order valence-electron chi connectivity index (χ0n) is 79.4. The van der Waals surface area contributed by atoms with Crippen LogP contribution < -0.4 is 0 Å². The van der Waals surface area contributed by atoms with Crippen LogP contribution in [0.1, 0.15) is 317 Å². The molecule has 0 radical (unpaired) electrons. The van der Waals surface area contributed by atoms with Gasteiger partial charge in [0.15, 0.2) is 18.0 Å². The van der Waals surface area contributed by atoms with E-state index in [9.17, 15) is 0 Å². The monoisotopic (exact) mass is 1630 g/mol. The summed E-state index contributed by atoms with van der Waals surface area (Å²) < 4.78 is 0. The summed E-state index contributed by atoms with van der Waals surface area (Å²) in [6, 6.07) is 23.9. The third kappa shape index (κ3) is 48.7. The minimum absolute atomic E-state index is 0.00819. The number of rotatable bonds is 0. The molecule has 25 heteroatoms. The van der Waals surface area contributed by atoms with Crippen LogP contribution in [0.4, 0.5) is 0 Å². The first-order chi connectivity index (χ1) is 55.3. The van der Waals surface area contributed by atoms with Gasteiger partial charge in [0.2, 0.25) is 0 Å². The van der Waals surface area contributed by atoms with Gasteiger partial charge in [-0.25, -0.2) is 39.9 Å². The highest BCUT2D eigenvalue weighted by Crippen LogP contribution is 2.26. The first kappa shape index (κ1) is 107. The van der Waals surface area contributed by atoms with Gasteiger partial charge in [-0.3, -0.25) is 24.9 Å². The topological polar surface area (TPSA) is 322 Å². The van der Waals surface area contributed by atoms with Crippen molar-refractivity contribution in [2.75, 3.05) is 0 Å². The van der Waals surface area contributed by atoms with Crippen LogP contribution >= 0.6 is 0 Å². The molecule has 0 bridgehead atoms. The second-order valence-corrected chi connectivity index (χ2v) is 40.1. The lowest BCUT2D eigenvalue weighted by Crippen LogP contribution is -2.17. The first-order valence-electron chi connectivity index (χ1n) is 40.4. The summed E-state index contributed by atoms with van der Waals surface area (Å²) in [5, 5.41) is 45.5. The minimum atomic E-state index is -0.0543. The number of aromatic nitrogens is 25. The van der Waals surface area contributed by atoms with Crippen LogP contribution in [0.2, 0.25) is 0 Å². The fourth-order valence-electron chi connectivity index (χ4n) is 8.38. The lowest BCUT2D eigenvalue weighted by atomic mass is 9.88. The highest BCUT2D eigenvalue weighted by molar-refractivity contribution is 5.21. The molecular weight excluding hydrogens is 1490 g/mol. The highest BCUT2D eigenvalue weighted by atomic mass is 15.3. The first-order valence-corrected chi connectivity index (χ1v) is 40.4. The van der Waals surface area contributed by atoms with Gasteiger partial charge in [-0.2, -0.15) is 30.6 Å². The molecule has 648 valence electrons. The summed E-state index contributed by atoms with van der Waals surface area (Å²) in [6.45, 7) is 76.5. The van der Waals surface area contributed by atoms with E-state index in [1.54, 1.807) is 93.2 Å². The summed E-state index contributed by atoms with van der Waals surface area (Å²) in [5.41, 5.74) is 11.7. The fraction of sp³-hybridized carbons (Fsp3) is 0.505. The fourth-order valence-corrected chi connectivity index (χ4v) is 8.38. The van der Waals surface area contributed by atoms with Gasteiger partial charge in [-0.05, 0) is 105 Å². The van der Waals surface area contributed by atoms with Crippen LogP contribution in [0, 0.1) is 0 Å². The normalized spacial score (nSPS) is 11.5. The van der Waals surface area contributed by atoms with Crippen molar-refractivity contribution >= 4 is 0 Å². The lowest BCUT2D eigenvalue weighted by molar-refractivity contribution is 0.518. The van der Waals surface area contributed by atoms with Gasteiger partial charge in [0.05, 0.1) is 35.7 Å². The Kier molecular flexibility index (Phi) is 44.6. The summed E-state index contributed by atoms with van der Waals surface area (Å²) in [5.74, 6) is 2.36. The van der Waals surface area contributed by atoms with Crippen molar-refractivity contribution < 1.29 is 0 Å². The van der Waals surface area contributed by atoms with Crippen LogP contribution in [-0.4, -0.2) is 126 Å². The third-order valence-electron chi connectivity index (χ3n) is 16.1. The van der Waals surface area contributed by atoms with Gasteiger partial charge in [0.25, 0.3) is 0 Å². The molecule has 0 unspecified atom stereocenters. The van der Waals surface area contributed by atoms with E-state index in [-0.39, 0.29) is 65.0 Å². The van der Waals surface area contributed by atoms with E-state index in [2.05, 4.69) is 379 Å². The zero-order valence-corrected chi connectivity index (χ0v) is 79.4. The molecule has 0 spiro atoms. The van der Waals surface area contributed by atoms with Crippen molar-refractivity contribution in [3.63, 3.8) is 0 Å². The van der Waals surface area contributed by atoms with Gasteiger partial charge in [-0.15, -0.1) is 30.6 Å². The zero-order chi connectivity index (χ0) is 91.4. The summed E-state index contributed by atoms with van der Waals surface area (Å²) in [7, 11) is 0. The SMILES string of the molecule is CC(C)(C)c1ccccn1.CC(C)(C)c1cccnc1.CC(C)(C)c1cccnn1.CC(C)(C)c1ccncc1.CC(C)(C)c1ccncn1.CC(C)(C)c1ccnnc1.CC(C)(C)c1cnccn1.CC(C)(C)c1cncnc1.CC(C)(C)c1cncnn1.CC(C)(C)c1ncccn1.CC(C)(C)c1nccnn1.CC(C)(C)c1nncnn1. The van der Waals surface area contributed by atoms with E-state index in [1.807, 2.05) is 106 Å². The number of hydrogen-bond acceptors (Lipinski definition) is 25. The molecule has 12 aromatic heterocycles. The van der Waals surface area contributed by atoms with Crippen molar-refractivity contribution in [3.05, 3.63) is 284 Å². The maximum Gasteiger partial charge on any atom is 0.178 e. The maximum atomic E-state index is 4.25. The quantitative estimate of drug-likeness (QED) is 0.136. The van der Waals surface area contributed by atoms with E-state index in [0.29, 0.717) is 5.82 Å². The molecule has 12 aromatic rings. The molecule has 25 nitrogen and oxygen atoms in total. The summed E-state index contributed by atoms with van der Waals surface area (Å²) in [4.78, 5) is 52.5. The Bertz CT molecular complexity index is 3450. The predicted molar refractivity (Wildman–Crippen MR) is 487 cm³/mol. The number of pyridine rings is 3. The second-order valence-electron chi connectivity index (χ2n) is 40.1. The van der Waals surface area contributed by atoms with Crippen LogP contribution in [0.15, 0.2) is 216 Å². The van der Waals surface area contributed by atoms with Gasteiger partial charge in [0.1, 0.15) is 24.8 Å². The van der Waals surface area contributed by atoms with Gasteiger partial charge >= 0.3 is 0 Å². The molecule has 0 saturated carbocycles. The Balaban J connectivity index is 0.000000655. The standard InChI is InChI=1S/3C9H13N.6C8H12N2.2C7H11N3.C6H10N4/c1-9(2,3)8-4-6-10-7-5-8;1-9(2,3)8-5-4-6-10-7-8;1-9(2,3)8-6-4-5-7-10-8;1-8(2,3)7-4-9-6-10-5-7;1-8(2,3)7-6-9-4-5-10-7;1-8(2,3)7-4-5-9-6-10-7;1-8(2,3)7-4-5-9-10-6-7;1-8(2,3)7-9-5-4-6-10-7;1-8(2,3)7-5-4-6-9-10-7;1-7(2,3)6-4-8-5-9-10-6;1-7(2,3)6-8-4-5-9-10-6;1-6(2,3)5-9-7-4-8-10-5/h3*4-7H,1-3H3;6*4-6H,1-3H3;2*4-5H,1-3H3;4H,1-3H3. The molecule has 120 heavy (non-hydrogen) atoms. The average Bonchev–Trinajstić information content (AvgIpc) is 0.985. The highest BCUT2D eigenvalue weighted by Gasteiger charge is 2.22. The molecule has 0 atom stereocenters. The summed E-state index contributed by atoms with van der Waals surface area (Å²) >= 11 is 0. The summed E-state index contributed by atoms with van der Waals surface area (Å²) in [6.07, 6.45) is 39.6. The Morgan fingerprint density at radius 1 is 0.158 bits per heavy atom. The van der Waals surface area contributed by atoms with Crippen molar-refractivity contribution in [1.29, 1.82) is 0 Å². The average molecular weight is 1640 g/mol. The van der Waals surface area contributed by atoms with Gasteiger partial charge < -0.3 is 0 Å². The van der Waals surface area contributed by atoms with Crippen molar-refractivity contribution in [2.24, 2.45) is 0 Å². The molecule has 12 rings (SSSR count). The van der Waals surface area contributed by atoms with Gasteiger partial charge in [-0.1, -0.05) is 261 Å². The second kappa shape index (κ2) is 50.1. The Morgan fingerprint density at radius 2 is 0.567 bits per heavy atom. The number of hydrogen-bond donors (Lipinski definition) is 0. The van der Waals surface area contributed by atoms with Crippen LogP contribution in [-0.2, 0) is 65.0 Å². The maximum absolute atomic E-state index is 4.25. The molecule has 0 saturated heterocycles. The Labute approximate surface area is 720 Å². The molecule has 0 aliphatic heterocycles. The van der Waals surface area contributed by atoms with Crippen LogP contribution in [0.5, 0.6) is 0 Å². The molecule has 0 aromatic carbocycles. The van der Waals surface area contributed by atoms with Crippen molar-refractivity contribution in [2.45, 2.75) is 314 Å². The smallest absolute Gasteiger partial charge is 0.178 e. The molecule has 0 amide bonds. The lowest BCUT2D eigenvalue weighted by Gasteiger charge is -2.17. The molecular formula is C95H143N25. The Hall–Kier alpha value is -11.1. The van der Waals surface area contributed by atoms with Gasteiger partial charge in [0, 0.05) is 154 Å². The molecule has 0 fully saturated rings. The van der Waals surface area contributed by atoms with E-state index in [1.165, 1.54) is 34.9 Å². The van der Waals surface area contributed by atoms with Crippen LogP contribution in [0.3, 0.4) is 0 Å². The predicted octanol–water partition coefficient (Wildman–Crippen LogP) is 20.7. The Morgan fingerprint density at radius 3 is 0.867 bits per heavy atom. The molecule has 0 N–H and O–H groups in total. The van der Waals surface area contributed by atoms with E-state index in [4.69, 9.17) is 0 Å². The van der Waals surface area contributed by atoms with Crippen LogP contribution in [0.25, 0.3) is 0 Å². The van der Waals surface area contributed by atoms with Crippen molar-refractivity contribution in [1.82, 2.24) is 126 Å². The number of nitrogens with zero attached hydrogens (tertiary/aromatic N) is 25. The molecule has 0 aliphatic rings. The molecule has 12 heterocycles. The minimum Gasteiger partial charge on any atom is -0.265 e. The largest absolute Gasteiger partial charge is 0.265 e. The van der Waals surface area contributed by atoms with E-state index < -0.39 is 0 Å². The van der Waals surface area contributed by atoms with E-state index >= 15 is 0 Å². The third-order valence-corrected chi connectivity index (χ3v) is 16.1.